The third-order valence-electron chi connectivity index (χ3n) is 7.50. The fourth-order valence-electron chi connectivity index (χ4n) is 5.42. The van der Waals surface area contributed by atoms with Crippen LogP contribution in [0.15, 0.2) is 36.4 Å². The van der Waals surface area contributed by atoms with E-state index in [1.807, 2.05) is 36.6 Å². The number of hydrogen-bond acceptors (Lipinski definition) is 9. The van der Waals surface area contributed by atoms with E-state index in [-0.39, 0.29) is 30.0 Å². The van der Waals surface area contributed by atoms with Gasteiger partial charge < -0.3 is 29.8 Å². The Bertz CT molecular complexity index is 1900. The number of imidazole rings is 1. The lowest BCUT2D eigenvalue weighted by molar-refractivity contribution is 0.0952. The Morgan fingerprint density at radius 3 is 2.59 bits per heavy atom. The lowest BCUT2D eigenvalue weighted by atomic mass is 10.1. The summed E-state index contributed by atoms with van der Waals surface area (Å²) >= 11 is 1.36. The molecule has 2 aromatic carbocycles. The largest absolute Gasteiger partial charge is 0.493 e. The summed E-state index contributed by atoms with van der Waals surface area (Å²) in [4.78, 5) is 43.6. The van der Waals surface area contributed by atoms with Crippen LogP contribution in [-0.4, -0.2) is 64.4 Å². The maximum Gasteiger partial charge on any atom is 0.276 e. The van der Waals surface area contributed by atoms with Gasteiger partial charge in [-0.05, 0) is 56.0 Å². The first kappa shape index (κ1) is 29.0. The van der Waals surface area contributed by atoms with Crippen molar-refractivity contribution >= 4 is 56.1 Å². The SMILES string of the molecule is CCn1nc(C)cc1C(=O)Nc1nc2cc(C(N)=O)cc3c2n1[C@@H](CCNC(=O)c1cc2cc(OC)c(OC)cc2s1)CO3. The second-order valence-corrected chi connectivity index (χ2v) is 11.4. The molecule has 0 saturated heterocycles. The number of hydrogen-bond donors (Lipinski definition) is 3. The molecular weight excluding hydrogens is 586 g/mol. The summed E-state index contributed by atoms with van der Waals surface area (Å²) in [6.07, 6.45) is 0.482. The number of benzene rings is 2. The zero-order valence-electron chi connectivity index (χ0n) is 24.6. The van der Waals surface area contributed by atoms with Gasteiger partial charge >= 0.3 is 0 Å². The molecule has 6 rings (SSSR count). The maximum atomic E-state index is 13.3. The summed E-state index contributed by atoms with van der Waals surface area (Å²) in [5.41, 5.74) is 8.00. The van der Waals surface area contributed by atoms with E-state index in [9.17, 15) is 14.4 Å². The van der Waals surface area contributed by atoms with Gasteiger partial charge in [-0.3, -0.25) is 24.4 Å². The van der Waals surface area contributed by atoms with Crippen molar-refractivity contribution in [2.45, 2.75) is 32.9 Å². The van der Waals surface area contributed by atoms with Crippen LogP contribution in [0.1, 0.15) is 55.6 Å². The highest BCUT2D eigenvalue weighted by Gasteiger charge is 2.29. The summed E-state index contributed by atoms with van der Waals surface area (Å²) < 4.78 is 21.2. The van der Waals surface area contributed by atoms with Gasteiger partial charge in [0.05, 0.1) is 36.3 Å². The average Bonchev–Trinajstić information content (AvgIpc) is 3.72. The minimum Gasteiger partial charge on any atom is -0.493 e. The number of primary amides is 1. The molecule has 14 heteroatoms. The van der Waals surface area contributed by atoms with Crippen molar-refractivity contribution in [3.8, 4) is 17.2 Å². The van der Waals surface area contributed by atoms with Crippen molar-refractivity contribution < 1.29 is 28.6 Å². The Hall–Kier alpha value is -5.11. The van der Waals surface area contributed by atoms with Gasteiger partial charge in [0.15, 0.2) is 11.5 Å². The lowest BCUT2D eigenvalue weighted by Crippen LogP contribution is -2.30. The molecule has 1 aliphatic rings. The van der Waals surface area contributed by atoms with Crippen LogP contribution >= 0.6 is 11.3 Å². The molecule has 4 heterocycles. The molecule has 0 bridgehead atoms. The summed E-state index contributed by atoms with van der Waals surface area (Å²) in [5.74, 6) is 0.730. The number of fused-ring (bicyclic) bond motifs is 1. The summed E-state index contributed by atoms with van der Waals surface area (Å²) in [6, 6.07) is 10.1. The van der Waals surface area contributed by atoms with Crippen LogP contribution in [0.5, 0.6) is 17.2 Å². The highest BCUT2D eigenvalue weighted by atomic mass is 32.1. The van der Waals surface area contributed by atoms with E-state index < -0.39 is 5.91 Å². The molecule has 228 valence electrons. The average molecular weight is 618 g/mol. The molecule has 3 aromatic heterocycles. The van der Waals surface area contributed by atoms with Crippen molar-refractivity contribution in [1.29, 1.82) is 0 Å². The smallest absolute Gasteiger partial charge is 0.276 e. The van der Waals surface area contributed by atoms with Gasteiger partial charge in [0.1, 0.15) is 23.6 Å². The van der Waals surface area contributed by atoms with Gasteiger partial charge in [0.2, 0.25) is 11.9 Å². The summed E-state index contributed by atoms with van der Waals surface area (Å²) in [5, 5.41) is 11.2. The Labute approximate surface area is 255 Å². The highest BCUT2D eigenvalue weighted by molar-refractivity contribution is 7.20. The first-order valence-electron chi connectivity index (χ1n) is 14.0. The molecule has 4 N–H and O–H groups in total. The van der Waals surface area contributed by atoms with E-state index in [0.29, 0.717) is 64.3 Å². The van der Waals surface area contributed by atoms with Gasteiger partial charge in [0.25, 0.3) is 11.8 Å². The molecule has 5 aromatic rings. The number of carbonyl (C=O) groups is 3. The molecule has 0 saturated carbocycles. The number of aromatic nitrogens is 4. The van der Waals surface area contributed by atoms with Crippen molar-refractivity contribution in [3.05, 3.63) is 58.2 Å². The maximum absolute atomic E-state index is 13.3. The molecule has 1 aliphatic heterocycles. The summed E-state index contributed by atoms with van der Waals surface area (Å²) in [6.45, 7) is 4.81. The van der Waals surface area contributed by atoms with Crippen LogP contribution in [0.3, 0.4) is 0 Å². The van der Waals surface area contributed by atoms with Crippen LogP contribution in [-0.2, 0) is 6.54 Å². The highest BCUT2D eigenvalue weighted by Crippen LogP contribution is 2.39. The van der Waals surface area contributed by atoms with E-state index in [1.54, 1.807) is 37.1 Å². The number of ether oxygens (including phenoxy) is 3. The molecule has 0 spiro atoms. The molecule has 3 amide bonds. The van der Waals surface area contributed by atoms with Crippen molar-refractivity contribution in [3.63, 3.8) is 0 Å². The van der Waals surface area contributed by atoms with E-state index in [2.05, 4.69) is 20.7 Å². The Balaban J connectivity index is 1.25. The molecule has 0 radical (unpaired) electrons. The van der Waals surface area contributed by atoms with E-state index >= 15 is 0 Å². The number of anilines is 1. The van der Waals surface area contributed by atoms with Gasteiger partial charge in [0, 0.05) is 29.4 Å². The minimum absolute atomic E-state index is 0.208. The van der Waals surface area contributed by atoms with Gasteiger partial charge in [-0.2, -0.15) is 5.10 Å². The fourth-order valence-corrected chi connectivity index (χ4v) is 6.41. The van der Waals surface area contributed by atoms with E-state index in [0.717, 1.165) is 15.8 Å². The number of nitrogens with one attached hydrogen (secondary N) is 2. The van der Waals surface area contributed by atoms with Crippen molar-refractivity contribution in [1.82, 2.24) is 24.6 Å². The van der Waals surface area contributed by atoms with E-state index in [1.165, 1.54) is 11.3 Å². The molecule has 13 nitrogen and oxygen atoms in total. The number of carbonyl (C=O) groups excluding carboxylic acids is 3. The number of rotatable bonds is 10. The van der Waals surface area contributed by atoms with Gasteiger partial charge in [-0.15, -0.1) is 11.3 Å². The van der Waals surface area contributed by atoms with Crippen LogP contribution in [0, 0.1) is 6.92 Å². The molecule has 1 atom stereocenters. The molecule has 0 unspecified atom stereocenters. The third kappa shape index (κ3) is 5.17. The zero-order valence-corrected chi connectivity index (χ0v) is 25.4. The number of methoxy groups -OCH3 is 2. The molecule has 44 heavy (non-hydrogen) atoms. The Morgan fingerprint density at radius 1 is 1.09 bits per heavy atom. The normalized spacial score (nSPS) is 14.0. The second-order valence-electron chi connectivity index (χ2n) is 10.3. The monoisotopic (exact) mass is 617 g/mol. The number of amides is 3. The predicted molar refractivity (Wildman–Crippen MR) is 165 cm³/mol. The van der Waals surface area contributed by atoms with Crippen molar-refractivity contribution in [2.24, 2.45) is 5.73 Å². The first-order chi connectivity index (χ1) is 21.2. The quantitative estimate of drug-likeness (QED) is 0.212. The summed E-state index contributed by atoms with van der Waals surface area (Å²) in [7, 11) is 3.14. The zero-order chi connectivity index (χ0) is 31.1. The number of aryl methyl sites for hydroxylation is 2. The Morgan fingerprint density at radius 2 is 1.86 bits per heavy atom. The van der Waals surface area contributed by atoms with Crippen LogP contribution in [0.25, 0.3) is 21.1 Å². The number of thiophene rings is 1. The van der Waals surface area contributed by atoms with Crippen molar-refractivity contribution in [2.75, 3.05) is 32.7 Å². The van der Waals surface area contributed by atoms with Gasteiger partial charge in [-0.1, -0.05) is 0 Å². The Kier molecular flexibility index (Phi) is 7.59. The standard InChI is InChI=1S/C30H31N7O6S/c1-5-36-20(8-15(2)35-36)28(39)34-30-33-19-9-17(27(31)38)11-23-26(19)37(30)18(14-43-23)6-7-32-29(40)25-12-16-10-21(41-3)22(42-4)13-24(16)44-25/h8-13,18H,5-7,14H2,1-4H3,(H2,31,38)(H,32,40)(H,33,34,39)/t18-/m0/s1. The lowest BCUT2D eigenvalue weighted by Gasteiger charge is -2.27. The van der Waals surface area contributed by atoms with Gasteiger partial charge in [-0.25, -0.2) is 4.98 Å². The number of nitrogens with two attached hydrogens (primary N) is 1. The minimum atomic E-state index is -0.614. The third-order valence-corrected chi connectivity index (χ3v) is 8.60. The molecule has 0 aliphatic carbocycles. The fraction of sp³-hybridized carbons (Fsp3) is 0.300. The predicted octanol–water partition coefficient (Wildman–Crippen LogP) is 3.90. The van der Waals surface area contributed by atoms with Crippen LogP contribution < -0.4 is 30.6 Å². The second kappa shape index (κ2) is 11.5. The van der Waals surface area contributed by atoms with Crippen LogP contribution in [0.4, 0.5) is 5.95 Å². The van der Waals surface area contributed by atoms with E-state index in [4.69, 9.17) is 19.9 Å². The first-order valence-corrected chi connectivity index (χ1v) is 14.8. The molecule has 0 fully saturated rings. The topological polar surface area (TPSA) is 165 Å². The molecular formula is C30H31N7O6S. The number of nitrogens with zero attached hydrogens (tertiary/aromatic N) is 4. The van der Waals surface area contributed by atoms with Crippen LogP contribution in [0.2, 0.25) is 0 Å².